The molecule has 0 saturated carbocycles. The van der Waals surface area contributed by atoms with Crippen LogP contribution in [0.1, 0.15) is 12.7 Å². The Bertz CT molecular complexity index is 334. The van der Waals surface area contributed by atoms with E-state index in [1.807, 2.05) is 6.92 Å². The first kappa shape index (κ1) is 19.7. The fourth-order valence-corrected chi connectivity index (χ4v) is 0.446. The normalized spacial score (nSPS) is 5.71. The van der Waals surface area contributed by atoms with Gasteiger partial charge in [-0.2, -0.15) is 0 Å². The average molecular weight is 238 g/mol. The van der Waals surface area contributed by atoms with Crippen molar-refractivity contribution in [1.29, 1.82) is 16.2 Å². The Morgan fingerprint density at radius 2 is 1.29 bits per heavy atom. The molecular weight excluding hydrogens is 228 g/mol. The summed E-state index contributed by atoms with van der Waals surface area (Å²) in [4.78, 5) is 36.5. The molecule has 0 atom stereocenters. The molecule has 0 aliphatic carbocycles. The third kappa shape index (κ3) is 32.0. The van der Waals surface area contributed by atoms with Crippen LogP contribution >= 0.6 is 0 Å². The quantitative estimate of drug-likeness (QED) is 0.465. The fraction of sp³-hybridized carbons (Fsp3) is 0.250. The van der Waals surface area contributed by atoms with E-state index in [1.165, 1.54) is 12.7 Å². The number of nitrogens with zero attached hydrogens (tertiary/aromatic N) is 3. The lowest BCUT2D eigenvalue weighted by Gasteiger charge is -1.87. The van der Waals surface area contributed by atoms with Gasteiger partial charge in [0.1, 0.15) is 18.5 Å². The van der Waals surface area contributed by atoms with E-state index in [4.69, 9.17) is 30.6 Å². The third-order valence-electron chi connectivity index (χ3n) is 0.863. The summed E-state index contributed by atoms with van der Waals surface area (Å²) in [5.74, 6) is 0.847. The van der Waals surface area contributed by atoms with Crippen molar-refractivity contribution in [1.82, 2.24) is 15.0 Å². The molecule has 9 heteroatoms. The van der Waals surface area contributed by atoms with Crippen LogP contribution in [0, 0.1) is 16.2 Å². The molecule has 0 spiro atoms. The maximum atomic E-state index is 8.35. The van der Waals surface area contributed by atoms with Crippen LogP contribution in [0.3, 0.4) is 0 Å². The number of aryl methyl sites for hydroxylation is 1. The Morgan fingerprint density at radius 1 is 1.00 bits per heavy atom. The van der Waals surface area contributed by atoms with Crippen molar-refractivity contribution in [2.45, 2.75) is 13.3 Å². The highest BCUT2D eigenvalue weighted by Crippen LogP contribution is 1.82. The molecule has 0 bridgehead atoms. The highest BCUT2D eigenvalue weighted by molar-refractivity contribution is 5.26. The Hall–Kier alpha value is -2.85. The predicted octanol–water partition coefficient (Wildman–Crippen LogP) is 0.137. The van der Waals surface area contributed by atoms with Gasteiger partial charge in [-0.05, 0) is 0 Å². The molecule has 3 N–H and O–H groups in total. The summed E-state index contributed by atoms with van der Waals surface area (Å²) in [6, 6.07) is 0. The first-order valence-electron chi connectivity index (χ1n) is 3.90. The first-order valence-corrected chi connectivity index (χ1v) is 3.90. The van der Waals surface area contributed by atoms with Gasteiger partial charge in [0.2, 0.25) is 18.2 Å². The molecule has 1 heterocycles. The smallest absolute Gasteiger partial charge is 0.225 e. The minimum Gasteiger partial charge on any atom is -0.225 e. The summed E-state index contributed by atoms with van der Waals surface area (Å²) in [7, 11) is 0. The molecule has 0 fully saturated rings. The van der Waals surface area contributed by atoms with Gasteiger partial charge in [0.15, 0.2) is 0 Å². The fourth-order valence-electron chi connectivity index (χ4n) is 0.446. The molecule has 90 valence electrons. The SMILES string of the molecule is CCc1ncncn1.N=C=O.N=C=O.N=C=O. The molecule has 9 nitrogen and oxygen atoms in total. The van der Waals surface area contributed by atoms with Crippen molar-refractivity contribution in [2.75, 3.05) is 0 Å². The van der Waals surface area contributed by atoms with Crippen molar-refractivity contribution in [3.05, 3.63) is 18.5 Å². The molecule has 17 heavy (non-hydrogen) atoms. The van der Waals surface area contributed by atoms with E-state index in [0.717, 1.165) is 30.5 Å². The molecule has 0 unspecified atom stereocenters. The number of nitrogens with one attached hydrogen (secondary N) is 3. The standard InChI is InChI=1S/C5H7N3.3CHNO/c1-2-5-7-3-6-4-8-5;3*2-1-3/h3-4H,2H2,1H3;3*2H. The highest BCUT2D eigenvalue weighted by atomic mass is 16.1. The maximum absolute atomic E-state index is 8.35. The highest BCUT2D eigenvalue weighted by Gasteiger charge is 1.84. The summed E-state index contributed by atoms with van der Waals surface area (Å²) in [5.41, 5.74) is 0. The second-order valence-electron chi connectivity index (χ2n) is 1.71. The van der Waals surface area contributed by atoms with Crippen LogP contribution in [0.4, 0.5) is 0 Å². The van der Waals surface area contributed by atoms with Gasteiger partial charge in [0, 0.05) is 6.42 Å². The Kier molecular flexibility index (Phi) is 26.8. The molecule has 0 aromatic carbocycles. The molecule has 1 aromatic rings. The number of rotatable bonds is 1. The van der Waals surface area contributed by atoms with Crippen molar-refractivity contribution < 1.29 is 14.4 Å². The van der Waals surface area contributed by atoms with Crippen LogP contribution in [0.2, 0.25) is 0 Å². The minimum atomic E-state index is 0.750. The monoisotopic (exact) mass is 238 g/mol. The van der Waals surface area contributed by atoms with E-state index in [-0.39, 0.29) is 0 Å². The van der Waals surface area contributed by atoms with Gasteiger partial charge in [-0.15, -0.1) is 0 Å². The summed E-state index contributed by atoms with van der Waals surface area (Å²) >= 11 is 0. The molecule has 1 aromatic heterocycles. The van der Waals surface area contributed by atoms with E-state index in [9.17, 15) is 0 Å². The molecule has 0 amide bonds. The number of hydrogen-bond donors (Lipinski definition) is 3. The summed E-state index contributed by atoms with van der Waals surface area (Å²) < 4.78 is 0. The second-order valence-corrected chi connectivity index (χ2v) is 1.71. The van der Waals surface area contributed by atoms with Crippen LogP contribution in [0.5, 0.6) is 0 Å². The number of aromatic nitrogens is 3. The van der Waals surface area contributed by atoms with E-state index in [1.54, 1.807) is 0 Å². The lowest BCUT2D eigenvalue weighted by Crippen LogP contribution is -1.90. The molecular formula is C8H10N6O3. The Morgan fingerprint density at radius 3 is 1.47 bits per heavy atom. The van der Waals surface area contributed by atoms with Gasteiger partial charge in [-0.25, -0.2) is 45.6 Å². The van der Waals surface area contributed by atoms with E-state index < -0.39 is 0 Å². The summed E-state index contributed by atoms with van der Waals surface area (Å²) in [6.45, 7) is 2.01. The van der Waals surface area contributed by atoms with E-state index in [2.05, 4.69) is 15.0 Å². The Labute approximate surface area is 96.5 Å². The van der Waals surface area contributed by atoms with Crippen LogP contribution in [-0.2, 0) is 20.8 Å². The topological polar surface area (TPSA) is 161 Å². The van der Waals surface area contributed by atoms with Crippen LogP contribution < -0.4 is 0 Å². The van der Waals surface area contributed by atoms with Gasteiger partial charge in [0.05, 0.1) is 0 Å². The van der Waals surface area contributed by atoms with Crippen molar-refractivity contribution in [2.24, 2.45) is 0 Å². The largest absolute Gasteiger partial charge is 0.231 e. The van der Waals surface area contributed by atoms with E-state index in [0.29, 0.717) is 0 Å². The second kappa shape index (κ2) is 23.2. The molecule has 0 aliphatic heterocycles. The van der Waals surface area contributed by atoms with Crippen molar-refractivity contribution in [3.8, 4) is 0 Å². The number of hydrogen-bond acceptors (Lipinski definition) is 9. The van der Waals surface area contributed by atoms with Crippen LogP contribution in [-0.4, -0.2) is 33.2 Å². The van der Waals surface area contributed by atoms with E-state index >= 15 is 0 Å². The molecule has 0 radical (unpaired) electrons. The summed E-state index contributed by atoms with van der Waals surface area (Å²) in [6.07, 6.45) is 6.14. The van der Waals surface area contributed by atoms with Crippen molar-refractivity contribution >= 4 is 18.2 Å². The molecule has 1 rings (SSSR count). The number of carbonyl (C=O) groups excluding carboxylic acids is 3. The van der Waals surface area contributed by atoms with Gasteiger partial charge < -0.3 is 0 Å². The molecule has 0 saturated heterocycles. The predicted molar refractivity (Wildman–Crippen MR) is 54.4 cm³/mol. The third-order valence-corrected chi connectivity index (χ3v) is 0.863. The molecule has 0 aliphatic rings. The zero-order valence-electron chi connectivity index (χ0n) is 8.93. The lowest BCUT2D eigenvalue weighted by atomic mass is 10.5. The van der Waals surface area contributed by atoms with Crippen LogP contribution in [0.25, 0.3) is 0 Å². The minimum absolute atomic E-state index is 0.750. The maximum Gasteiger partial charge on any atom is 0.231 e. The number of isocyanates is 3. The van der Waals surface area contributed by atoms with Gasteiger partial charge in [0.25, 0.3) is 0 Å². The van der Waals surface area contributed by atoms with Gasteiger partial charge >= 0.3 is 0 Å². The zero-order chi connectivity index (χ0) is 13.9. The lowest BCUT2D eigenvalue weighted by molar-refractivity contribution is 0.562. The average Bonchev–Trinajstić information content (AvgIpc) is 2.33. The Balaban J connectivity index is -0.000000184. The first-order chi connectivity index (χ1) is 8.17. The van der Waals surface area contributed by atoms with Crippen LogP contribution in [0.15, 0.2) is 12.7 Å². The summed E-state index contributed by atoms with van der Waals surface area (Å²) in [5, 5.41) is 16.2. The van der Waals surface area contributed by atoms with Gasteiger partial charge in [-0.1, -0.05) is 6.92 Å². The van der Waals surface area contributed by atoms with Gasteiger partial charge in [-0.3, -0.25) is 0 Å². The zero-order valence-corrected chi connectivity index (χ0v) is 8.93. The van der Waals surface area contributed by atoms with Crippen molar-refractivity contribution in [3.63, 3.8) is 0 Å².